The monoisotopic (exact) mass is 345 g/mol. The third-order valence-electron chi connectivity index (χ3n) is 4.14. The molecule has 6 heteroatoms. The first-order valence-corrected chi connectivity index (χ1v) is 8.37. The first-order chi connectivity index (χ1) is 11.6. The molecule has 0 aliphatic carbocycles. The number of aromatic nitrogens is 2. The van der Waals surface area contributed by atoms with Crippen LogP contribution in [0, 0.1) is 0 Å². The van der Waals surface area contributed by atoms with Gasteiger partial charge in [-0.05, 0) is 25.0 Å². The van der Waals surface area contributed by atoms with E-state index in [9.17, 15) is 4.79 Å². The summed E-state index contributed by atoms with van der Waals surface area (Å²) >= 11 is 6.20. The second-order valence-corrected chi connectivity index (χ2v) is 6.01. The van der Waals surface area contributed by atoms with Crippen molar-refractivity contribution in [1.29, 1.82) is 0 Å². The molecule has 3 rings (SSSR count). The summed E-state index contributed by atoms with van der Waals surface area (Å²) in [6, 6.07) is 8.08. The minimum atomic E-state index is -0.273. The molecular weight excluding hydrogens is 326 g/mol. The van der Waals surface area contributed by atoms with Crippen LogP contribution in [0.1, 0.15) is 18.9 Å². The van der Waals surface area contributed by atoms with Crippen LogP contribution in [0.3, 0.4) is 0 Å². The molecule has 0 unspecified atom stereocenters. The number of aryl methyl sites for hydroxylation is 1. The Morgan fingerprint density at radius 3 is 2.83 bits per heavy atom. The zero-order chi connectivity index (χ0) is 17.1. The number of hydrogen-bond acceptors (Lipinski definition) is 4. The number of nitrogens with zero attached hydrogens (tertiary/aromatic N) is 3. The van der Waals surface area contributed by atoms with Crippen LogP contribution in [0.2, 0.25) is 5.02 Å². The fourth-order valence-corrected chi connectivity index (χ4v) is 3.16. The van der Waals surface area contributed by atoms with Gasteiger partial charge < -0.3 is 9.64 Å². The van der Waals surface area contributed by atoms with Gasteiger partial charge >= 0.3 is 0 Å². The second kappa shape index (κ2) is 7.09. The predicted molar refractivity (Wildman–Crippen MR) is 96.9 cm³/mol. The summed E-state index contributed by atoms with van der Waals surface area (Å²) in [6.45, 7) is 4.09. The predicted octanol–water partition coefficient (Wildman–Crippen LogP) is 3.13. The minimum Gasteiger partial charge on any atom is -0.493 e. The van der Waals surface area contributed by atoms with Crippen molar-refractivity contribution < 1.29 is 4.74 Å². The molecule has 0 amide bonds. The van der Waals surface area contributed by atoms with Crippen LogP contribution in [0.25, 0.3) is 5.57 Å². The van der Waals surface area contributed by atoms with Crippen LogP contribution in [-0.4, -0.2) is 29.5 Å². The summed E-state index contributed by atoms with van der Waals surface area (Å²) in [7, 11) is 1.59. The SMILES string of the molecule is CCOc1ccccc1C1=CCN(c2cnn(C)c(=O)c2Cl)CC1. The Morgan fingerprint density at radius 1 is 1.33 bits per heavy atom. The highest BCUT2D eigenvalue weighted by Crippen LogP contribution is 2.32. The molecule has 1 aliphatic rings. The van der Waals surface area contributed by atoms with Gasteiger partial charge in [0.05, 0.1) is 18.5 Å². The highest BCUT2D eigenvalue weighted by atomic mass is 35.5. The summed E-state index contributed by atoms with van der Waals surface area (Å²) in [4.78, 5) is 14.0. The van der Waals surface area contributed by atoms with Gasteiger partial charge in [-0.15, -0.1) is 0 Å². The first-order valence-electron chi connectivity index (χ1n) is 7.99. The molecule has 0 fully saturated rings. The maximum Gasteiger partial charge on any atom is 0.287 e. The Kier molecular flexibility index (Phi) is 4.90. The van der Waals surface area contributed by atoms with Gasteiger partial charge in [0.15, 0.2) is 0 Å². The van der Waals surface area contributed by atoms with E-state index in [0.29, 0.717) is 18.8 Å². The highest BCUT2D eigenvalue weighted by Gasteiger charge is 2.19. The second-order valence-electron chi connectivity index (χ2n) is 5.63. The fourth-order valence-electron chi connectivity index (χ4n) is 2.87. The molecule has 1 aliphatic heterocycles. The Hall–Kier alpha value is -2.27. The lowest BCUT2D eigenvalue weighted by Gasteiger charge is -2.29. The molecule has 0 saturated carbocycles. The van der Waals surface area contributed by atoms with Crippen molar-refractivity contribution in [2.45, 2.75) is 13.3 Å². The third kappa shape index (κ3) is 3.17. The average Bonchev–Trinajstić information content (AvgIpc) is 2.61. The van der Waals surface area contributed by atoms with E-state index in [-0.39, 0.29) is 10.6 Å². The molecule has 0 saturated heterocycles. The van der Waals surface area contributed by atoms with Crippen molar-refractivity contribution in [2.24, 2.45) is 7.05 Å². The molecular formula is C18H20ClN3O2. The van der Waals surface area contributed by atoms with E-state index in [1.54, 1.807) is 13.2 Å². The van der Waals surface area contributed by atoms with Crippen molar-refractivity contribution in [2.75, 3.05) is 24.6 Å². The number of ether oxygens (including phenoxy) is 1. The summed E-state index contributed by atoms with van der Waals surface area (Å²) in [5, 5.41) is 4.29. The maximum absolute atomic E-state index is 11.9. The molecule has 0 radical (unpaired) electrons. The van der Waals surface area contributed by atoms with E-state index >= 15 is 0 Å². The fraction of sp³-hybridized carbons (Fsp3) is 0.333. The van der Waals surface area contributed by atoms with E-state index in [0.717, 1.165) is 24.3 Å². The maximum atomic E-state index is 11.9. The van der Waals surface area contributed by atoms with Gasteiger partial charge in [0.2, 0.25) is 0 Å². The van der Waals surface area contributed by atoms with Crippen molar-refractivity contribution in [3.63, 3.8) is 0 Å². The van der Waals surface area contributed by atoms with Crippen molar-refractivity contribution >= 4 is 22.9 Å². The molecule has 0 bridgehead atoms. The van der Waals surface area contributed by atoms with E-state index < -0.39 is 0 Å². The van der Waals surface area contributed by atoms with Crippen molar-refractivity contribution in [3.05, 3.63) is 57.5 Å². The number of para-hydroxylation sites is 1. The highest BCUT2D eigenvalue weighted by molar-refractivity contribution is 6.33. The number of hydrogen-bond donors (Lipinski definition) is 0. The van der Waals surface area contributed by atoms with Crippen LogP contribution in [0.4, 0.5) is 5.69 Å². The lowest BCUT2D eigenvalue weighted by atomic mass is 9.98. The van der Waals surface area contributed by atoms with Gasteiger partial charge in [-0.25, -0.2) is 4.68 Å². The van der Waals surface area contributed by atoms with Crippen molar-refractivity contribution in [3.8, 4) is 5.75 Å². The number of rotatable bonds is 4. The minimum absolute atomic E-state index is 0.221. The Bertz CT molecular complexity index is 829. The zero-order valence-corrected chi connectivity index (χ0v) is 14.6. The number of halogens is 1. The average molecular weight is 346 g/mol. The molecule has 5 nitrogen and oxygen atoms in total. The van der Waals surface area contributed by atoms with Crippen LogP contribution in [-0.2, 0) is 7.05 Å². The summed E-state index contributed by atoms with van der Waals surface area (Å²) in [6.07, 6.45) is 4.67. The van der Waals surface area contributed by atoms with Crippen molar-refractivity contribution in [1.82, 2.24) is 9.78 Å². The molecule has 1 aromatic heterocycles. The topological polar surface area (TPSA) is 47.4 Å². The molecule has 126 valence electrons. The summed E-state index contributed by atoms with van der Waals surface area (Å²) in [5.74, 6) is 0.910. The standard InChI is InChI=1S/C18H20ClN3O2/c1-3-24-16-7-5-4-6-14(16)13-8-10-22(11-9-13)15-12-20-21(2)18(23)17(15)19/h4-8,12H,3,9-11H2,1-2H3. The molecule has 0 spiro atoms. The van der Waals surface area contributed by atoms with Gasteiger partial charge in [-0.2, -0.15) is 5.10 Å². The Labute approximate surface area is 146 Å². The first kappa shape index (κ1) is 16.6. The number of benzene rings is 1. The van der Waals surface area contributed by atoms with E-state index in [1.165, 1.54) is 10.3 Å². The third-order valence-corrected chi connectivity index (χ3v) is 4.50. The Balaban J connectivity index is 1.85. The van der Waals surface area contributed by atoms with Gasteiger partial charge in [-0.1, -0.05) is 35.9 Å². The van der Waals surface area contributed by atoms with E-state index in [1.807, 2.05) is 25.1 Å². The molecule has 2 heterocycles. The van der Waals surface area contributed by atoms with Gasteiger partial charge in [0, 0.05) is 25.7 Å². The molecule has 0 N–H and O–H groups in total. The largest absolute Gasteiger partial charge is 0.493 e. The van der Waals surface area contributed by atoms with Crippen LogP contribution in [0.5, 0.6) is 5.75 Å². The molecule has 0 atom stereocenters. The zero-order valence-electron chi connectivity index (χ0n) is 13.8. The lowest BCUT2D eigenvalue weighted by molar-refractivity contribution is 0.339. The van der Waals surface area contributed by atoms with E-state index in [2.05, 4.69) is 22.1 Å². The van der Waals surface area contributed by atoms with Crippen LogP contribution < -0.4 is 15.2 Å². The summed E-state index contributed by atoms with van der Waals surface area (Å²) in [5.41, 5.74) is 2.80. The van der Waals surface area contributed by atoms with Crippen LogP contribution in [0.15, 0.2) is 41.3 Å². The van der Waals surface area contributed by atoms with E-state index in [4.69, 9.17) is 16.3 Å². The molecule has 1 aromatic carbocycles. The smallest absolute Gasteiger partial charge is 0.287 e. The normalized spacial score (nSPS) is 14.5. The molecule has 24 heavy (non-hydrogen) atoms. The number of anilines is 1. The lowest BCUT2D eigenvalue weighted by Crippen LogP contribution is -2.31. The molecule has 2 aromatic rings. The van der Waals surface area contributed by atoms with Gasteiger partial charge in [0.1, 0.15) is 10.8 Å². The van der Waals surface area contributed by atoms with Gasteiger partial charge in [0.25, 0.3) is 5.56 Å². The van der Waals surface area contributed by atoms with Crippen LogP contribution >= 0.6 is 11.6 Å². The Morgan fingerprint density at radius 2 is 2.12 bits per heavy atom. The summed E-state index contributed by atoms with van der Waals surface area (Å²) < 4.78 is 6.97. The van der Waals surface area contributed by atoms with Gasteiger partial charge in [-0.3, -0.25) is 4.79 Å². The quantitative estimate of drug-likeness (QED) is 0.854.